The van der Waals surface area contributed by atoms with Crippen molar-refractivity contribution in [3.63, 3.8) is 0 Å². The van der Waals surface area contributed by atoms with Crippen LogP contribution in [0.2, 0.25) is 0 Å². The topological polar surface area (TPSA) is 0 Å². The van der Waals surface area contributed by atoms with E-state index < -0.39 is 0 Å². The van der Waals surface area contributed by atoms with Crippen molar-refractivity contribution in [1.29, 1.82) is 0 Å². The molecule has 4 heavy (non-hydrogen) atoms. The Labute approximate surface area is 101 Å². The Hall–Kier alpha value is 3.40. The van der Waals surface area contributed by atoms with Gasteiger partial charge in [-0.15, -0.1) is 0 Å². The molecule has 0 saturated heterocycles. The molecule has 0 amide bonds. The van der Waals surface area contributed by atoms with Crippen molar-refractivity contribution in [2.75, 3.05) is 0 Å². The average molecular weight is 445 g/mol. The van der Waals surface area contributed by atoms with Gasteiger partial charge in [-0.05, 0) is 0 Å². The Morgan fingerprint density at radius 1 is 1.00 bits per heavy atom. The van der Waals surface area contributed by atoms with Gasteiger partial charge in [-0.25, -0.2) is 0 Å². The minimum absolute atomic E-state index is 0. The summed E-state index contributed by atoms with van der Waals surface area (Å²) in [6.45, 7) is 0. The first kappa shape index (κ1) is 26.2. The molecule has 36 valence electrons. The second-order valence-electron chi connectivity index (χ2n) is 0. The molecule has 0 saturated carbocycles. The van der Waals surface area contributed by atoms with Gasteiger partial charge >= 0.3 is 23.9 Å². The molecule has 0 spiro atoms. The van der Waals surface area contributed by atoms with E-state index >= 15 is 0 Å². The zero-order valence-electron chi connectivity index (χ0n) is 1.01. The van der Waals surface area contributed by atoms with E-state index in [0.717, 1.165) is 0 Å². The molecular weight excluding hydrogens is 440 g/mol. The van der Waals surface area contributed by atoms with Crippen molar-refractivity contribution < 1.29 is 79.8 Å². The second-order valence-corrected chi connectivity index (χ2v) is 0. The third-order valence-electron chi connectivity index (χ3n) is 0. The van der Waals surface area contributed by atoms with E-state index in [4.69, 9.17) is 0 Å². The molecular formula is H4AgCuSmSn. The Morgan fingerprint density at radius 2 is 1.00 bits per heavy atom. The summed E-state index contributed by atoms with van der Waals surface area (Å²) in [6, 6.07) is 0. The standard InChI is InChI=1S/Ag.Cu.Sm.Sn.4H. The van der Waals surface area contributed by atoms with Crippen molar-refractivity contribution in [3.8, 4) is 0 Å². The van der Waals surface area contributed by atoms with Crippen molar-refractivity contribution in [1.82, 2.24) is 0 Å². The molecule has 2 radical (unpaired) electrons. The molecule has 0 aliphatic carbocycles. The summed E-state index contributed by atoms with van der Waals surface area (Å²) < 4.78 is 0. The van der Waals surface area contributed by atoms with Gasteiger partial charge in [0.15, 0.2) is 0 Å². The Balaban J connectivity index is 0. The summed E-state index contributed by atoms with van der Waals surface area (Å²) >= 11 is 0. The molecule has 0 nitrogen and oxygen atoms in total. The van der Waals surface area contributed by atoms with E-state index in [0.29, 0.717) is 0 Å². The summed E-state index contributed by atoms with van der Waals surface area (Å²) in [4.78, 5) is 0. The Morgan fingerprint density at radius 3 is 1.00 bits per heavy atom. The number of hydrogen-bond donors (Lipinski definition) is 0. The molecule has 0 aliphatic rings. The molecule has 0 aromatic heterocycles. The summed E-state index contributed by atoms with van der Waals surface area (Å²) in [7, 11) is 0. The minimum atomic E-state index is 0. The molecule has 0 N–H and O–H groups in total. The molecule has 0 bridgehead atoms. The average Bonchev–Trinajstić information content (AvgIpc) is 0. The van der Waals surface area contributed by atoms with Crippen LogP contribution < -0.4 is 0 Å². The quantitative estimate of drug-likeness (QED) is 0.401. The van der Waals surface area contributed by atoms with Gasteiger partial charge in [0.2, 0.25) is 0 Å². The molecule has 0 aromatic carbocycles. The fraction of sp³-hybridized carbons (Fsp3) is 0. The predicted octanol–water partition coefficient (Wildman–Crippen LogP) is -1.46. The molecule has 0 rings (SSSR count). The Kier molecular flexibility index (Phi) is 106. The van der Waals surface area contributed by atoms with Gasteiger partial charge in [-0.2, -0.15) is 0 Å². The monoisotopic (exact) mass is 446 g/mol. The zero-order valence-corrected chi connectivity index (χ0v) is 6.05. The van der Waals surface area contributed by atoms with E-state index in [-0.39, 0.29) is 104 Å². The van der Waals surface area contributed by atoms with Crippen LogP contribution in [-0.2, 0) is 39.4 Å². The van der Waals surface area contributed by atoms with Crippen molar-refractivity contribution in [2.24, 2.45) is 0 Å². The molecule has 0 unspecified atom stereocenters. The summed E-state index contributed by atoms with van der Waals surface area (Å²) in [5, 5.41) is 0. The molecule has 4 heteroatoms. The van der Waals surface area contributed by atoms with E-state index in [1.165, 1.54) is 0 Å². The van der Waals surface area contributed by atoms with E-state index in [1.54, 1.807) is 0 Å². The maximum absolute atomic E-state index is 0. The predicted molar refractivity (Wildman–Crippen MR) is 11.3 cm³/mol. The van der Waals surface area contributed by atoms with Gasteiger partial charge in [0, 0.05) is 79.8 Å². The second kappa shape index (κ2) is 16.1. The zero-order chi connectivity index (χ0) is 0. The first-order valence-electron chi connectivity index (χ1n) is 0. The third-order valence-corrected chi connectivity index (χ3v) is 0. The van der Waals surface area contributed by atoms with E-state index in [9.17, 15) is 0 Å². The van der Waals surface area contributed by atoms with Crippen LogP contribution in [0.15, 0.2) is 0 Å². The SMILES string of the molecule is [Ag].[Cu].[Sm].[SnH4]. The van der Waals surface area contributed by atoms with Crippen molar-refractivity contribution >= 4 is 23.9 Å². The fourth-order valence-corrected chi connectivity index (χ4v) is 0. The maximum atomic E-state index is 0. The van der Waals surface area contributed by atoms with Gasteiger partial charge < -0.3 is 0 Å². The normalized spacial score (nSPS) is 0. The van der Waals surface area contributed by atoms with Crippen LogP contribution in [-0.4, -0.2) is 23.9 Å². The third kappa shape index (κ3) is 9.04. The van der Waals surface area contributed by atoms with Crippen molar-refractivity contribution in [2.45, 2.75) is 0 Å². The molecule has 0 aromatic rings. The fourth-order valence-electron chi connectivity index (χ4n) is 0. The van der Waals surface area contributed by atoms with Gasteiger partial charge in [-0.1, -0.05) is 0 Å². The van der Waals surface area contributed by atoms with Crippen LogP contribution in [0.5, 0.6) is 0 Å². The first-order chi connectivity index (χ1) is 0. The molecule has 0 atom stereocenters. The molecule has 0 fully saturated rings. The van der Waals surface area contributed by atoms with Crippen LogP contribution in [0.25, 0.3) is 0 Å². The first-order valence-corrected chi connectivity index (χ1v) is 0. The number of rotatable bonds is 0. The molecule has 0 heterocycles. The summed E-state index contributed by atoms with van der Waals surface area (Å²) in [6.07, 6.45) is 0. The van der Waals surface area contributed by atoms with E-state index in [1.807, 2.05) is 0 Å². The van der Waals surface area contributed by atoms with Gasteiger partial charge in [-0.3, -0.25) is 0 Å². The summed E-state index contributed by atoms with van der Waals surface area (Å²) in [5.74, 6) is 0. The van der Waals surface area contributed by atoms with Crippen LogP contribution in [0.4, 0.5) is 0 Å². The Bertz CT molecular complexity index is 8.00. The van der Waals surface area contributed by atoms with Crippen LogP contribution >= 0.6 is 0 Å². The van der Waals surface area contributed by atoms with Crippen LogP contribution in [0.3, 0.4) is 0 Å². The summed E-state index contributed by atoms with van der Waals surface area (Å²) in [5.41, 5.74) is 0. The van der Waals surface area contributed by atoms with Crippen molar-refractivity contribution in [3.05, 3.63) is 0 Å². The van der Waals surface area contributed by atoms with Gasteiger partial charge in [0.05, 0.1) is 0 Å². The van der Waals surface area contributed by atoms with E-state index in [2.05, 4.69) is 0 Å². The van der Waals surface area contributed by atoms with Crippen LogP contribution in [0.1, 0.15) is 0 Å². The van der Waals surface area contributed by atoms with Gasteiger partial charge in [0.1, 0.15) is 0 Å². The molecule has 0 aliphatic heterocycles. The number of hydrogen-bond acceptors (Lipinski definition) is 0. The van der Waals surface area contributed by atoms with Gasteiger partial charge in [0.25, 0.3) is 0 Å². The van der Waals surface area contributed by atoms with Crippen LogP contribution in [0, 0.1) is 40.4 Å².